The normalized spacial score (nSPS) is 12.5. The van der Waals surface area contributed by atoms with Crippen LogP contribution in [0, 0.1) is 0 Å². The van der Waals surface area contributed by atoms with Crippen LogP contribution in [0.25, 0.3) is 10.9 Å². The van der Waals surface area contributed by atoms with Crippen molar-refractivity contribution in [2.24, 2.45) is 5.73 Å². The Hall–Kier alpha value is -2.08. The van der Waals surface area contributed by atoms with Crippen LogP contribution >= 0.6 is 0 Å². The molecule has 0 radical (unpaired) electrons. The lowest BCUT2D eigenvalue weighted by Crippen LogP contribution is -2.32. The lowest BCUT2D eigenvalue weighted by atomic mass is 10.1. The first-order valence-electron chi connectivity index (χ1n) is 5.89. The second-order valence-corrected chi connectivity index (χ2v) is 4.21. The summed E-state index contributed by atoms with van der Waals surface area (Å²) in [6.45, 7) is -0.554. The van der Waals surface area contributed by atoms with E-state index in [9.17, 15) is 9.18 Å². The van der Waals surface area contributed by atoms with Crippen LogP contribution in [-0.2, 0) is 11.2 Å². The first kappa shape index (κ1) is 13.4. The number of benzene rings is 1. The van der Waals surface area contributed by atoms with Crippen LogP contribution in [0.15, 0.2) is 24.4 Å². The Morgan fingerprint density at radius 2 is 2.32 bits per heavy atom. The molecule has 0 spiro atoms. The number of nitrogens with two attached hydrogens (primary N) is 1. The Labute approximate surface area is 109 Å². The third kappa shape index (κ3) is 3.03. The number of carboxylic acids is 1. The minimum atomic E-state index is -1.04. The second-order valence-electron chi connectivity index (χ2n) is 4.21. The van der Waals surface area contributed by atoms with Gasteiger partial charge in [0.05, 0.1) is 0 Å². The maximum absolute atomic E-state index is 12.1. The number of alkyl halides is 1. The summed E-state index contributed by atoms with van der Waals surface area (Å²) in [6, 6.07) is 4.34. The summed E-state index contributed by atoms with van der Waals surface area (Å²) in [5.74, 6) is -0.492. The van der Waals surface area contributed by atoms with Crippen LogP contribution < -0.4 is 10.5 Å². The van der Waals surface area contributed by atoms with E-state index in [1.807, 2.05) is 0 Å². The molecule has 0 aliphatic rings. The maximum Gasteiger partial charge on any atom is 0.320 e. The number of nitrogens with one attached hydrogen (secondary N) is 1. The Morgan fingerprint density at radius 1 is 1.53 bits per heavy atom. The summed E-state index contributed by atoms with van der Waals surface area (Å²) >= 11 is 0. The van der Waals surface area contributed by atoms with Crippen LogP contribution in [0.4, 0.5) is 4.39 Å². The lowest BCUT2D eigenvalue weighted by Gasteiger charge is -2.06. The van der Waals surface area contributed by atoms with E-state index in [-0.39, 0.29) is 13.0 Å². The fourth-order valence-corrected chi connectivity index (χ4v) is 1.90. The van der Waals surface area contributed by atoms with Crippen molar-refractivity contribution in [2.45, 2.75) is 12.5 Å². The summed E-state index contributed by atoms with van der Waals surface area (Å²) < 4.78 is 17.3. The Morgan fingerprint density at radius 3 is 3.00 bits per heavy atom. The first-order chi connectivity index (χ1) is 9.11. The number of aromatic amines is 1. The molecular formula is C13H15FN2O3. The zero-order valence-corrected chi connectivity index (χ0v) is 10.2. The van der Waals surface area contributed by atoms with Gasteiger partial charge in [0.25, 0.3) is 0 Å². The van der Waals surface area contributed by atoms with Crippen molar-refractivity contribution < 1.29 is 19.0 Å². The van der Waals surface area contributed by atoms with E-state index in [4.69, 9.17) is 15.6 Å². The standard InChI is InChI=1S/C13H15FN2O3/c14-3-4-19-9-1-2-12-10(6-9)8(7-16-12)5-11(15)13(17)18/h1-2,6-7,11,16H,3-5,15H2,(H,17,18)/t11-/m1/s1/i14-1. The molecule has 0 bridgehead atoms. The van der Waals surface area contributed by atoms with Crippen LogP contribution in [-0.4, -0.2) is 35.4 Å². The molecule has 2 rings (SSSR count). The van der Waals surface area contributed by atoms with E-state index >= 15 is 0 Å². The smallest absolute Gasteiger partial charge is 0.320 e. The van der Waals surface area contributed by atoms with Crippen LogP contribution in [0.2, 0.25) is 0 Å². The van der Waals surface area contributed by atoms with Crippen molar-refractivity contribution in [3.63, 3.8) is 0 Å². The van der Waals surface area contributed by atoms with Crippen LogP contribution in [0.1, 0.15) is 5.56 Å². The molecule has 1 atom stereocenters. The summed E-state index contributed by atoms with van der Waals surface area (Å²) in [7, 11) is 0. The third-order valence-corrected chi connectivity index (χ3v) is 2.84. The SMILES string of the molecule is N[C@H](Cc1c[nH]c2ccc(OCC[18F])cc12)C(=O)O. The fraction of sp³-hybridized carbons (Fsp3) is 0.308. The number of hydrogen-bond acceptors (Lipinski definition) is 3. The van der Waals surface area contributed by atoms with Gasteiger partial charge in [-0.25, -0.2) is 4.39 Å². The van der Waals surface area contributed by atoms with Gasteiger partial charge in [0.15, 0.2) is 0 Å². The van der Waals surface area contributed by atoms with E-state index in [0.29, 0.717) is 5.75 Å². The molecule has 0 aliphatic heterocycles. The molecule has 0 saturated heterocycles. The summed E-state index contributed by atoms with van der Waals surface area (Å²) in [5.41, 5.74) is 7.19. The maximum atomic E-state index is 12.1. The molecule has 0 unspecified atom stereocenters. The van der Waals surface area contributed by atoms with Gasteiger partial charge in [-0.15, -0.1) is 0 Å². The molecule has 6 heteroatoms. The number of carbonyl (C=O) groups is 1. The van der Waals surface area contributed by atoms with Gasteiger partial charge in [0.2, 0.25) is 0 Å². The summed E-state index contributed by atoms with van der Waals surface area (Å²) in [6.07, 6.45) is 1.95. The summed E-state index contributed by atoms with van der Waals surface area (Å²) in [5, 5.41) is 9.66. The predicted octanol–water partition coefficient (Wildman–Crippen LogP) is 1.47. The van der Waals surface area contributed by atoms with Crippen molar-refractivity contribution in [1.29, 1.82) is 0 Å². The largest absolute Gasteiger partial charge is 0.491 e. The zero-order valence-electron chi connectivity index (χ0n) is 10.2. The number of halogens is 1. The number of aromatic nitrogens is 1. The first-order valence-corrected chi connectivity index (χ1v) is 5.89. The average molecular weight is 265 g/mol. The number of hydrogen-bond donors (Lipinski definition) is 3. The minimum Gasteiger partial charge on any atom is -0.491 e. The molecule has 0 fully saturated rings. The lowest BCUT2D eigenvalue weighted by molar-refractivity contribution is -0.138. The van der Waals surface area contributed by atoms with Gasteiger partial charge >= 0.3 is 5.97 Å². The van der Waals surface area contributed by atoms with Gasteiger partial charge in [-0.3, -0.25) is 4.79 Å². The zero-order chi connectivity index (χ0) is 13.8. The Bertz CT molecular complexity index is 582. The molecule has 19 heavy (non-hydrogen) atoms. The number of fused-ring (bicyclic) bond motifs is 1. The molecule has 1 aromatic heterocycles. The highest BCUT2D eigenvalue weighted by molar-refractivity contribution is 5.85. The molecule has 5 nitrogen and oxygen atoms in total. The van der Waals surface area contributed by atoms with Crippen molar-refractivity contribution >= 4 is 16.9 Å². The number of ether oxygens (including phenoxy) is 1. The van der Waals surface area contributed by atoms with E-state index in [1.54, 1.807) is 24.4 Å². The van der Waals surface area contributed by atoms with Crippen molar-refractivity contribution in [3.8, 4) is 5.75 Å². The van der Waals surface area contributed by atoms with E-state index in [0.717, 1.165) is 16.5 Å². The molecule has 0 amide bonds. The second kappa shape index (κ2) is 5.71. The highest BCUT2D eigenvalue weighted by Crippen LogP contribution is 2.24. The molecule has 4 N–H and O–H groups in total. The van der Waals surface area contributed by atoms with Crippen molar-refractivity contribution in [1.82, 2.24) is 4.98 Å². The Balaban J connectivity index is 2.26. The topological polar surface area (TPSA) is 88.3 Å². The van der Waals surface area contributed by atoms with Gasteiger partial charge < -0.3 is 20.6 Å². The van der Waals surface area contributed by atoms with Gasteiger partial charge in [-0.05, 0) is 23.8 Å². The minimum absolute atomic E-state index is 0.0000966. The molecule has 0 saturated carbocycles. The molecule has 102 valence electrons. The van der Waals surface area contributed by atoms with Gasteiger partial charge in [-0.1, -0.05) is 0 Å². The molecule has 0 aliphatic carbocycles. The average Bonchev–Trinajstić information content (AvgIpc) is 2.79. The predicted molar refractivity (Wildman–Crippen MR) is 69.1 cm³/mol. The third-order valence-electron chi connectivity index (χ3n) is 2.84. The fourth-order valence-electron chi connectivity index (χ4n) is 1.90. The van der Waals surface area contributed by atoms with Crippen LogP contribution in [0.3, 0.4) is 0 Å². The number of rotatable bonds is 6. The number of H-pyrrole nitrogens is 1. The van der Waals surface area contributed by atoms with Crippen molar-refractivity contribution in [3.05, 3.63) is 30.0 Å². The molecule has 1 heterocycles. The Kier molecular flexibility index (Phi) is 4.01. The number of carboxylic acid groups (broad SMARTS) is 1. The molecular weight excluding hydrogens is 250 g/mol. The van der Waals surface area contributed by atoms with E-state index in [1.165, 1.54) is 0 Å². The van der Waals surface area contributed by atoms with Gasteiger partial charge in [0.1, 0.15) is 25.1 Å². The summed E-state index contributed by atoms with van der Waals surface area (Å²) in [4.78, 5) is 13.8. The van der Waals surface area contributed by atoms with Crippen LogP contribution in [0.5, 0.6) is 5.75 Å². The monoisotopic (exact) mass is 265 g/mol. The highest BCUT2D eigenvalue weighted by Gasteiger charge is 2.15. The highest BCUT2D eigenvalue weighted by atomic mass is 18.2. The van der Waals surface area contributed by atoms with E-state index in [2.05, 4.69) is 4.98 Å². The van der Waals surface area contributed by atoms with Gasteiger partial charge in [-0.2, -0.15) is 0 Å². The van der Waals surface area contributed by atoms with E-state index < -0.39 is 18.7 Å². The molecule has 1 aromatic carbocycles. The van der Waals surface area contributed by atoms with Crippen molar-refractivity contribution in [2.75, 3.05) is 13.3 Å². The quantitative estimate of drug-likeness (QED) is 0.738. The number of aliphatic carboxylic acids is 1. The van der Waals surface area contributed by atoms with Gasteiger partial charge in [0, 0.05) is 23.5 Å². The molecule has 2 aromatic rings.